The first-order valence-corrected chi connectivity index (χ1v) is 7.19. The van der Waals surface area contributed by atoms with Crippen LogP contribution in [-0.4, -0.2) is 48.8 Å². The zero-order valence-electron chi connectivity index (χ0n) is 11.3. The van der Waals surface area contributed by atoms with E-state index in [0.29, 0.717) is 13.2 Å². The number of rotatable bonds is 4. The lowest BCUT2D eigenvalue weighted by atomic mass is 9.97. The van der Waals surface area contributed by atoms with Gasteiger partial charge in [0, 0.05) is 12.6 Å². The average Bonchev–Trinajstić information content (AvgIpc) is 2.70. The molecule has 0 aromatic carbocycles. The van der Waals surface area contributed by atoms with E-state index >= 15 is 0 Å². The van der Waals surface area contributed by atoms with Crippen molar-refractivity contribution < 1.29 is 14.6 Å². The number of likely N-dealkylation sites (N-methyl/N-ethyl adjacent to an activating group) is 1. The summed E-state index contributed by atoms with van der Waals surface area (Å²) in [5.74, 6) is -0.321. The van der Waals surface area contributed by atoms with Gasteiger partial charge in [-0.25, -0.2) is 0 Å². The summed E-state index contributed by atoms with van der Waals surface area (Å²) in [6, 6.07) is 0.0609. The lowest BCUT2D eigenvalue weighted by molar-refractivity contribution is -0.143. The van der Waals surface area contributed by atoms with E-state index in [9.17, 15) is 9.90 Å². The lowest BCUT2D eigenvalue weighted by Gasteiger charge is -2.29. The van der Waals surface area contributed by atoms with E-state index in [0.717, 1.165) is 12.5 Å². The largest absolute Gasteiger partial charge is 0.481 e. The molecule has 1 aliphatic carbocycles. The van der Waals surface area contributed by atoms with Gasteiger partial charge in [-0.05, 0) is 25.8 Å². The molecule has 2 unspecified atom stereocenters. The van der Waals surface area contributed by atoms with Crippen LogP contribution in [0.5, 0.6) is 0 Å². The Morgan fingerprint density at radius 3 is 2.50 bits per heavy atom. The molecule has 4 heteroatoms. The Morgan fingerprint density at radius 1 is 1.22 bits per heavy atom. The third kappa shape index (κ3) is 3.45. The second-order valence-electron chi connectivity index (χ2n) is 5.85. The van der Waals surface area contributed by atoms with E-state index in [1.807, 2.05) is 0 Å². The van der Waals surface area contributed by atoms with Gasteiger partial charge in [-0.15, -0.1) is 0 Å². The maximum atomic E-state index is 11.2. The van der Waals surface area contributed by atoms with E-state index in [-0.39, 0.29) is 12.0 Å². The number of carbonyl (C=O) groups is 1. The number of hydrogen-bond donors (Lipinski definition) is 1. The van der Waals surface area contributed by atoms with Gasteiger partial charge < -0.3 is 9.84 Å². The molecule has 18 heavy (non-hydrogen) atoms. The van der Waals surface area contributed by atoms with Crippen molar-refractivity contribution in [1.29, 1.82) is 0 Å². The second-order valence-corrected chi connectivity index (χ2v) is 5.85. The molecule has 0 radical (unpaired) electrons. The second kappa shape index (κ2) is 6.53. The molecule has 4 nitrogen and oxygen atoms in total. The van der Waals surface area contributed by atoms with Crippen LogP contribution in [0.4, 0.5) is 0 Å². The van der Waals surface area contributed by atoms with Crippen molar-refractivity contribution in [3.05, 3.63) is 0 Å². The van der Waals surface area contributed by atoms with Crippen molar-refractivity contribution in [1.82, 2.24) is 4.90 Å². The van der Waals surface area contributed by atoms with Crippen LogP contribution in [0.15, 0.2) is 0 Å². The summed E-state index contributed by atoms with van der Waals surface area (Å²) < 4.78 is 5.34. The highest BCUT2D eigenvalue weighted by Crippen LogP contribution is 2.26. The van der Waals surface area contributed by atoms with Gasteiger partial charge in [0.25, 0.3) is 0 Å². The lowest BCUT2D eigenvalue weighted by Crippen LogP contribution is -2.42. The molecule has 2 fully saturated rings. The fraction of sp³-hybridized carbons (Fsp3) is 0.929. The Hall–Kier alpha value is -0.610. The van der Waals surface area contributed by atoms with Gasteiger partial charge in [-0.3, -0.25) is 9.69 Å². The van der Waals surface area contributed by atoms with Crippen molar-refractivity contribution >= 4 is 5.97 Å². The summed E-state index contributed by atoms with van der Waals surface area (Å²) in [7, 11) is 2.06. The van der Waals surface area contributed by atoms with Crippen LogP contribution in [0.1, 0.15) is 38.5 Å². The van der Waals surface area contributed by atoms with E-state index in [2.05, 4.69) is 11.9 Å². The normalized spacial score (nSPS) is 30.6. The van der Waals surface area contributed by atoms with Crippen molar-refractivity contribution in [2.24, 2.45) is 11.8 Å². The van der Waals surface area contributed by atoms with Gasteiger partial charge in [-0.2, -0.15) is 0 Å². The third-order valence-electron chi connectivity index (χ3n) is 4.45. The molecule has 0 spiro atoms. The van der Waals surface area contributed by atoms with Gasteiger partial charge in [0.1, 0.15) is 0 Å². The molecule has 2 rings (SSSR count). The summed E-state index contributed by atoms with van der Waals surface area (Å²) in [6.07, 6.45) is 8.00. The molecule has 0 aromatic rings. The Bertz CT molecular complexity index is 274. The van der Waals surface area contributed by atoms with Crippen molar-refractivity contribution in [2.45, 2.75) is 44.6 Å². The van der Waals surface area contributed by atoms with Crippen molar-refractivity contribution in [3.8, 4) is 0 Å². The summed E-state index contributed by atoms with van der Waals surface area (Å²) in [4.78, 5) is 13.4. The molecule has 2 atom stereocenters. The molecular formula is C14H25NO3. The highest BCUT2D eigenvalue weighted by Gasteiger charge is 2.37. The third-order valence-corrected chi connectivity index (χ3v) is 4.45. The summed E-state index contributed by atoms with van der Waals surface area (Å²) in [5.41, 5.74) is 0. The van der Waals surface area contributed by atoms with Crippen LogP contribution < -0.4 is 0 Å². The first-order chi connectivity index (χ1) is 8.68. The molecule has 0 aromatic heterocycles. The fourth-order valence-corrected chi connectivity index (χ4v) is 3.30. The van der Waals surface area contributed by atoms with Gasteiger partial charge >= 0.3 is 5.97 Å². The van der Waals surface area contributed by atoms with Crippen LogP contribution in [0.3, 0.4) is 0 Å². The number of nitrogens with zero attached hydrogens (tertiary/aromatic N) is 1. The highest BCUT2D eigenvalue weighted by molar-refractivity contribution is 5.71. The number of hydrogen-bond acceptors (Lipinski definition) is 3. The molecule has 104 valence electrons. The minimum absolute atomic E-state index is 0.0609. The number of carboxylic acids is 1. The molecular weight excluding hydrogens is 230 g/mol. The predicted octanol–water partition coefficient (Wildman–Crippen LogP) is 1.99. The van der Waals surface area contributed by atoms with E-state index in [1.165, 1.54) is 38.5 Å². The van der Waals surface area contributed by atoms with Crippen molar-refractivity contribution in [2.75, 3.05) is 26.8 Å². The zero-order chi connectivity index (χ0) is 13.0. The molecule has 1 N–H and O–H groups in total. The predicted molar refractivity (Wildman–Crippen MR) is 69.6 cm³/mol. The Balaban J connectivity index is 1.86. The van der Waals surface area contributed by atoms with Crippen molar-refractivity contribution in [3.63, 3.8) is 0 Å². The topological polar surface area (TPSA) is 49.8 Å². The van der Waals surface area contributed by atoms with Gasteiger partial charge in [-0.1, -0.05) is 25.7 Å². The standard InChI is InChI=1S/C14H25NO3/c1-15(8-11-6-4-2-3-5-7-11)13-10-18-9-12(13)14(16)17/h11-13H,2-10H2,1H3,(H,16,17). The zero-order valence-corrected chi connectivity index (χ0v) is 11.3. The molecule has 1 heterocycles. The molecule has 0 bridgehead atoms. The maximum Gasteiger partial charge on any atom is 0.310 e. The Morgan fingerprint density at radius 2 is 1.89 bits per heavy atom. The monoisotopic (exact) mass is 255 g/mol. The summed E-state index contributed by atoms with van der Waals surface area (Å²) in [5, 5.41) is 9.18. The molecule has 1 saturated heterocycles. The summed E-state index contributed by atoms with van der Waals surface area (Å²) >= 11 is 0. The quantitative estimate of drug-likeness (QED) is 0.781. The molecule has 1 saturated carbocycles. The fourth-order valence-electron chi connectivity index (χ4n) is 3.30. The van der Waals surface area contributed by atoms with Gasteiger partial charge in [0.2, 0.25) is 0 Å². The maximum absolute atomic E-state index is 11.2. The van der Waals surface area contributed by atoms with Crippen LogP contribution in [0.25, 0.3) is 0 Å². The van der Waals surface area contributed by atoms with Crippen LogP contribution in [-0.2, 0) is 9.53 Å². The van der Waals surface area contributed by atoms with E-state index in [4.69, 9.17) is 4.74 Å². The summed E-state index contributed by atoms with van der Waals surface area (Å²) in [6.45, 7) is 1.97. The Labute approximate surface area is 109 Å². The molecule has 1 aliphatic heterocycles. The average molecular weight is 255 g/mol. The van der Waals surface area contributed by atoms with Crippen LogP contribution in [0, 0.1) is 11.8 Å². The van der Waals surface area contributed by atoms with E-state index < -0.39 is 5.97 Å². The van der Waals surface area contributed by atoms with Gasteiger partial charge in [0.15, 0.2) is 0 Å². The number of carboxylic acid groups (broad SMARTS) is 1. The number of aliphatic carboxylic acids is 1. The SMILES string of the molecule is CN(CC1CCCCCC1)C1COCC1C(=O)O. The first kappa shape index (κ1) is 13.8. The van der Waals surface area contributed by atoms with Crippen LogP contribution >= 0.6 is 0 Å². The van der Waals surface area contributed by atoms with Gasteiger partial charge in [0.05, 0.1) is 19.1 Å². The molecule has 2 aliphatic rings. The smallest absolute Gasteiger partial charge is 0.310 e. The highest BCUT2D eigenvalue weighted by atomic mass is 16.5. The Kier molecular flexibility index (Phi) is 5.01. The van der Waals surface area contributed by atoms with Crippen LogP contribution in [0.2, 0.25) is 0 Å². The first-order valence-electron chi connectivity index (χ1n) is 7.19. The minimum atomic E-state index is -0.717. The molecule has 0 amide bonds. The minimum Gasteiger partial charge on any atom is -0.481 e. The van der Waals surface area contributed by atoms with E-state index in [1.54, 1.807) is 0 Å². The number of ether oxygens (including phenoxy) is 1.